The Bertz CT molecular complexity index is 1180. The van der Waals surface area contributed by atoms with Crippen molar-refractivity contribution in [1.82, 2.24) is 14.8 Å². The molecule has 2 N–H and O–H groups in total. The number of nitrogens with one attached hydrogen (secondary N) is 2. The van der Waals surface area contributed by atoms with Gasteiger partial charge in [-0.15, -0.1) is 0 Å². The molecule has 0 bridgehead atoms. The van der Waals surface area contributed by atoms with Crippen molar-refractivity contribution in [3.05, 3.63) is 82.8 Å². The van der Waals surface area contributed by atoms with Gasteiger partial charge in [0.15, 0.2) is 5.82 Å². The molecule has 2 heterocycles. The summed E-state index contributed by atoms with van der Waals surface area (Å²) in [5.41, 5.74) is 3.74. The first-order valence-corrected chi connectivity index (χ1v) is 8.61. The smallest absolute Gasteiger partial charge is 0.250 e. The summed E-state index contributed by atoms with van der Waals surface area (Å²) in [6.45, 7) is 1.97. The van der Waals surface area contributed by atoms with Crippen LogP contribution in [0.2, 0.25) is 0 Å². The second-order valence-electron chi connectivity index (χ2n) is 6.38. The van der Waals surface area contributed by atoms with Crippen LogP contribution in [0.1, 0.15) is 12.5 Å². The van der Waals surface area contributed by atoms with Gasteiger partial charge in [0.25, 0.3) is 5.56 Å². The minimum Gasteiger partial charge on any atom is -0.310 e. The third-order valence-corrected chi connectivity index (χ3v) is 4.37. The summed E-state index contributed by atoms with van der Waals surface area (Å²) >= 11 is 0. The lowest BCUT2D eigenvalue weighted by Crippen LogP contribution is -2.19. The molecule has 0 fully saturated rings. The van der Waals surface area contributed by atoms with Crippen LogP contribution in [0.3, 0.4) is 0 Å². The van der Waals surface area contributed by atoms with E-state index in [0.29, 0.717) is 12.4 Å². The number of rotatable bonds is 4. The lowest BCUT2D eigenvalue weighted by atomic mass is 10.1. The summed E-state index contributed by atoms with van der Waals surface area (Å²) < 4.78 is 1.70. The van der Waals surface area contributed by atoms with Crippen molar-refractivity contribution in [3.8, 4) is 11.1 Å². The Morgan fingerprint density at radius 2 is 1.85 bits per heavy atom. The molecule has 0 radical (unpaired) electrons. The zero-order valence-corrected chi connectivity index (χ0v) is 14.8. The highest BCUT2D eigenvalue weighted by Crippen LogP contribution is 2.26. The molecule has 0 aliphatic carbocycles. The van der Waals surface area contributed by atoms with Crippen LogP contribution in [0, 0.1) is 0 Å². The molecule has 0 aliphatic rings. The van der Waals surface area contributed by atoms with E-state index in [2.05, 4.69) is 15.5 Å². The predicted molar refractivity (Wildman–Crippen MR) is 106 cm³/mol. The maximum absolute atomic E-state index is 12.2. The number of nitrogens with zero attached hydrogens (tertiary/aromatic N) is 2. The van der Waals surface area contributed by atoms with Gasteiger partial charge in [-0.25, -0.2) is 0 Å². The van der Waals surface area contributed by atoms with E-state index in [1.165, 1.54) is 6.92 Å². The third-order valence-electron chi connectivity index (χ3n) is 4.37. The number of aromatic amines is 1. The van der Waals surface area contributed by atoms with E-state index in [9.17, 15) is 9.59 Å². The topological polar surface area (TPSA) is 79.8 Å². The molecule has 27 heavy (non-hydrogen) atoms. The number of hydrogen-bond donors (Lipinski definition) is 2. The highest BCUT2D eigenvalue weighted by atomic mass is 16.1. The monoisotopic (exact) mass is 358 g/mol. The largest absolute Gasteiger partial charge is 0.310 e. The van der Waals surface area contributed by atoms with Crippen molar-refractivity contribution in [2.45, 2.75) is 13.5 Å². The van der Waals surface area contributed by atoms with Crippen LogP contribution in [0.25, 0.3) is 22.0 Å². The van der Waals surface area contributed by atoms with Crippen molar-refractivity contribution in [2.75, 3.05) is 5.32 Å². The molecule has 0 aliphatic heterocycles. The SMILES string of the molecule is CC(=O)Nc1n[nH]c2cc(-c3ccc(=O)n(Cc4ccccc4)c3)ccc12. The fourth-order valence-corrected chi connectivity index (χ4v) is 3.07. The summed E-state index contributed by atoms with van der Waals surface area (Å²) in [6.07, 6.45) is 1.86. The van der Waals surface area contributed by atoms with Crippen LogP contribution in [0.15, 0.2) is 71.7 Å². The first kappa shape index (κ1) is 16.8. The van der Waals surface area contributed by atoms with Crippen LogP contribution in [0.4, 0.5) is 5.82 Å². The van der Waals surface area contributed by atoms with E-state index < -0.39 is 0 Å². The Labute approximate surface area is 155 Å². The number of H-pyrrole nitrogens is 1. The highest BCUT2D eigenvalue weighted by Gasteiger charge is 2.09. The van der Waals surface area contributed by atoms with E-state index >= 15 is 0 Å². The normalized spacial score (nSPS) is 10.9. The summed E-state index contributed by atoms with van der Waals surface area (Å²) in [5, 5.41) is 10.6. The van der Waals surface area contributed by atoms with Crippen LogP contribution in [-0.4, -0.2) is 20.7 Å². The zero-order valence-electron chi connectivity index (χ0n) is 14.8. The molecule has 2 aromatic carbocycles. The molecule has 0 atom stereocenters. The molecular formula is C21H18N4O2. The van der Waals surface area contributed by atoms with Gasteiger partial charge in [-0.1, -0.05) is 36.4 Å². The lowest BCUT2D eigenvalue weighted by molar-refractivity contribution is -0.114. The van der Waals surface area contributed by atoms with E-state index in [1.807, 2.05) is 60.8 Å². The molecule has 2 aromatic heterocycles. The standard InChI is InChI=1S/C21H18N4O2/c1-14(26)22-21-18-9-7-16(11-19(18)23-24-21)17-8-10-20(27)25(13-17)12-15-5-3-2-4-6-15/h2-11,13H,12H2,1H3,(H2,22,23,24,26). The van der Waals surface area contributed by atoms with E-state index in [1.54, 1.807) is 10.6 Å². The summed E-state index contributed by atoms with van der Waals surface area (Å²) in [7, 11) is 0. The average Bonchev–Trinajstić information content (AvgIpc) is 3.06. The molecule has 4 rings (SSSR count). The Balaban J connectivity index is 1.70. The Kier molecular flexibility index (Phi) is 4.30. The number of hydrogen-bond acceptors (Lipinski definition) is 3. The highest BCUT2D eigenvalue weighted by molar-refractivity contribution is 5.99. The van der Waals surface area contributed by atoms with E-state index in [4.69, 9.17) is 0 Å². The second-order valence-corrected chi connectivity index (χ2v) is 6.38. The van der Waals surface area contributed by atoms with Gasteiger partial charge >= 0.3 is 0 Å². The molecule has 1 amide bonds. The van der Waals surface area contributed by atoms with Gasteiger partial charge in [0.1, 0.15) is 0 Å². The van der Waals surface area contributed by atoms with Crippen molar-refractivity contribution in [3.63, 3.8) is 0 Å². The van der Waals surface area contributed by atoms with Gasteiger partial charge in [0.05, 0.1) is 12.1 Å². The molecule has 0 saturated carbocycles. The van der Waals surface area contributed by atoms with Gasteiger partial charge in [-0.2, -0.15) is 5.10 Å². The maximum atomic E-state index is 12.2. The number of fused-ring (bicyclic) bond motifs is 1. The van der Waals surface area contributed by atoms with Gasteiger partial charge < -0.3 is 9.88 Å². The van der Waals surface area contributed by atoms with Crippen molar-refractivity contribution >= 4 is 22.6 Å². The van der Waals surface area contributed by atoms with Crippen molar-refractivity contribution in [1.29, 1.82) is 0 Å². The number of benzene rings is 2. The number of amides is 1. The van der Waals surface area contributed by atoms with E-state index in [-0.39, 0.29) is 11.5 Å². The lowest BCUT2D eigenvalue weighted by Gasteiger charge is -2.09. The fraction of sp³-hybridized carbons (Fsp3) is 0.0952. The zero-order chi connectivity index (χ0) is 18.8. The summed E-state index contributed by atoms with van der Waals surface area (Å²) in [6, 6.07) is 19.1. The van der Waals surface area contributed by atoms with Crippen molar-refractivity contribution in [2.24, 2.45) is 0 Å². The molecule has 134 valence electrons. The predicted octanol–water partition coefficient (Wildman–Crippen LogP) is 3.40. The first-order valence-electron chi connectivity index (χ1n) is 8.61. The molecule has 4 aromatic rings. The maximum Gasteiger partial charge on any atom is 0.250 e. The number of carbonyl (C=O) groups is 1. The Morgan fingerprint density at radius 1 is 1.07 bits per heavy atom. The molecule has 6 nitrogen and oxygen atoms in total. The van der Waals surface area contributed by atoms with Gasteiger partial charge in [0.2, 0.25) is 5.91 Å². The average molecular weight is 358 g/mol. The van der Waals surface area contributed by atoms with E-state index in [0.717, 1.165) is 27.6 Å². The first-order chi connectivity index (χ1) is 13.1. The van der Waals surface area contributed by atoms with Gasteiger partial charge in [-0.05, 0) is 34.9 Å². The van der Waals surface area contributed by atoms with Crippen molar-refractivity contribution < 1.29 is 4.79 Å². The van der Waals surface area contributed by atoms with Crippen LogP contribution in [-0.2, 0) is 11.3 Å². The molecular weight excluding hydrogens is 340 g/mol. The van der Waals surface area contributed by atoms with Gasteiger partial charge in [-0.3, -0.25) is 14.7 Å². The summed E-state index contributed by atoms with van der Waals surface area (Å²) in [4.78, 5) is 23.5. The number of aromatic nitrogens is 3. The molecule has 0 saturated heterocycles. The minimum absolute atomic E-state index is 0.0434. The summed E-state index contributed by atoms with van der Waals surface area (Å²) in [5.74, 6) is 0.346. The number of anilines is 1. The third kappa shape index (κ3) is 3.50. The Morgan fingerprint density at radius 3 is 2.63 bits per heavy atom. The molecule has 0 spiro atoms. The number of pyridine rings is 1. The quantitative estimate of drug-likeness (QED) is 0.587. The van der Waals surface area contributed by atoms with Crippen LogP contribution < -0.4 is 10.9 Å². The molecule has 6 heteroatoms. The number of carbonyl (C=O) groups excluding carboxylic acids is 1. The Hall–Kier alpha value is -3.67. The van der Waals surface area contributed by atoms with Crippen LogP contribution in [0.5, 0.6) is 0 Å². The second kappa shape index (κ2) is 6.92. The minimum atomic E-state index is -0.166. The van der Waals surface area contributed by atoms with Gasteiger partial charge in [0, 0.05) is 24.6 Å². The molecule has 0 unspecified atom stereocenters. The van der Waals surface area contributed by atoms with Crippen LogP contribution >= 0.6 is 0 Å². The fourth-order valence-electron chi connectivity index (χ4n) is 3.07.